The Balaban J connectivity index is 1.22. The van der Waals surface area contributed by atoms with Crippen molar-refractivity contribution >= 4 is 84.8 Å². The van der Waals surface area contributed by atoms with E-state index in [4.69, 9.17) is 0 Å². The van der Waals surface area contributed by atoms with Gasteiger partial charge in [0.1, 0.15) is 0 Å². The van der Waals surface area contributed by atoms with Gasteiger partial charge in [-0.25, -0.2) is 0 Å². The number of hydrogen-bond acceptors (Lipinski definition) is 2. The predicted molar refractivity (Wildman–Crippen MR) is 197 cm³/mol. The summed E-state index contributed by atoms with van der Waals surface area (Å²) in [5, 5.41) is 7.85. The third kappa shape index (κ3) is 3.85. The number of aromatic nitrogens is 1. The van der Waals surface area contributed by atoms with Crippen LogP contribution in [0.4, 0.5) is 0 Å². The second-order valence-corrected chi connectivity index (χ2v) is 13.9. The quantitative estimate of drug-likeness (QED) is 0.188. The van der Waals surface area contributed by atoms with Crippen molar-refractivity contribution in [2.45, 2.75) is 0 Å². The molecule has 0 radical (unpaired) electrons. The first-order chi connectivity index (χ1) is 22.3. The number of nitrogens with zero attached hydrogens (tertiary/aromatic N) is 1. The van der Waals surface area contributed by atoms with Crippen molar-refractivity contribution in [3.05, 3.63) is 152 Å². The lowest BCUT2D eigenvalue weighted by Gasteiger charge is -2.10. The zero-order valence-electron chi connectivity index (χ0n) is 24.2. The number of fused-ring (bicyclic) bond motifs is 9. The van der Waals surface area contributed by atoms with Crippen LogP contribution in [0.5, 0.6) is 0 Å². The van der Waals surface area contributed by atoms with E-state index in [9.17, 15) is 0 Å². The van der Waals surface area contributed by atoms with Crippen LogP contribution in [-0.2, 0) is 0 Å². The molecule has 3 heterocycles. The summed E-state index contributed by atoms with van der Waals surface area (Å²) in [6.45, 7) is 0. The Kier molecular flexibility index (Phi) is 5.39. The molecule has 7 aromatic carbocycles. The summed E-state index contributed by atoms with van der Waals surface area (Å²) >= 11 is 3.74. The Hall–Kier alpha value is -5.22. The van der Waals surface area contributed by atoms with Crippen LogP contribution >= 0.6 is 22.7 Å². The SMILES string of the molecule is c1ccc(-c2ccc3c4cc(-c5ccc6c(c5)sc5ccccc56)ccc4n(-c4ccc5sc6ccccc6c5c4)c3c2)cc1. The molecule has 10 aromatic rings. The minimum Gasteiger partial charge on any atom is -0.309 e. The van der Waals surface area contributed by atoms with Crippen molar-refractivity contribution in [3.63, 3.8) is 0 Å². The maximum atomic E-state index is 2.46. The van der Waals surface area contributed by atoms with Crippen molar-refractivity contribution in [1.29, 1.82) is 0 Å². The van der Waals surface area contributed by atoms with E-state index in [1.54, 1.807) is 0 Å². The highest BCUT2D eigenvalue weighted by atomic mass is 32.1. The predicted octanol–water partition coefficient (Wildman–Crippen LogP) is 12.9. The molecule has 3 heteroatoms. The summed E-state index contributed by atoms with van der Waals surface area (Å²) < 4.78 is 7.79. The topological polar surface area (TPSA) is 4.93 Å². The Morgan fingerprint density at radius 1 is 0.311 bits per heavy atom. The molecule has 210 valence electrons. The summed E-state index contributed by atoms with van der Waals surface area (Å²) in [5.41, 5.74) is 8.59. The molecule has 0 fully saturated rings. The molecule has 0 aliphatic carbocycles. The highest BCUT2D eigenvalue weighted by molar-refractivity contribution is 7.26. The molecular weight excluding hydrogens is 583 g/mol. The van der Waals surface area contributed by atoms with Crippen LogP contribution in [-0.4, -0.2) is 4.57 Å². The number of thiophene rings is 2. The van der Waals surface area contributed by atoms with Crippen LogP contribution in [0, 0.1) is 0 Å². The van der Waals surface area contributed by atoms with Crippen molar-refractivity contribution in [2.24, 2.45) is 0 Å². The maximum Gasteiger partial charge on any atom is 0.0547 e. The molecule has 3 aromatic heterocycles. The molecule has 0 unspecified atom stereocenters. The molecule has 1 nitrogen and oxygen atoms in total. The largest absolute Gasteiger partial charge is 0.309 e. The van der Waals surface area contributed by atoms with Crippen LogP contribution < -0.4 is 0 Å². The van der Waals surface area contributed by atoms with Crippen LogP contribution in [0.2, 0.25) is 0 Å². The molecule has 0 spiro atoms. The molecule has 0 aliphatic heterocycles. The fourth-order valence-corrected chi connectivity index (χ4v) is 9.28. The Labute approximate surface area is 267 Å². The zero-order chi connectivity index (χ0) is 29.5. The number of hydrogen-bond donors (Lipinski definition) is 0. The van der Waals surface area contributed by atoms with Gasteiger partial charge in [0.05, 0.1) is 11.0 Å². The molecule has 0 saturated heterocycles. The normalized spacial score (nSPS) is 12.0. The molecular formula is C42H25NS2. The standard InChI is InChI=1S/C42H25NS2/c1-2-8-26(9-3-1)28-14-18-31-35-22-27(29-15-19-34-32-10-4-6-12-39(32)45-42(34)24-29)16-20-37(35)43(38(31)23-28)30-17-21-41-36(25-30)33-11-5-7-13-40(33)44-41/h1-25H. The second-order valence-electron chi connectivity index (χ2n) is 11.8. The minimum absolute atomic E-state index is 1.19. The molecule has 10 rings (SSSR count). The second kappa shape index (κ2) is 9.64. The molecule has 0 amide bonds. The Bertz CT molecular complexity index is 2760. The van der Waals surface area contributed by atoms with Gasteiger partial charge in [-0.2, -0.15) is 0 Å². The first-order valence-corrected chi connectivity index (χ1v) is 16.9. The lowest BCUT2D eigenvalue weighted by Crippen LogP contribution is -1.94. The summed E-state index contributed by atoms with van der Waals surface area (Å²) in [5.74, 6) is 0. The third-order valence-electron chi connectivity index (χ3n) is 9.20. The number of rotatable bonds is 3. The minimum atomic E-state index is 1.19. The molecule has 0 saturated carbocycles. The van der Waals surface area contributed by atoms with Crippen molar-refractivity contribution in [1.82, 2.24) is 4.57 Å². The summed E-state index contributed by atoms with van der Waals surface area (Å²) in [6.07, 6.45) is 0. The Morgan fingerprint density at radius 3 is 1.73 bits per heavy atom. The van der Waals surface area contributed by atoms with E-state index in [0.29, 0.717) is 0 Å². The van der Waals surface area contributed by atoms with E-state index < -0.39 is 0 Å². The lowest BCUT2D eigenvalue weighted by atomic mass is 10.0. The van der Waals surface area contributed by atoms with Crippen molar-refractivity contribution in [2.75, 3.05) is 0 Å². The number of benzene rings is 7. The summed E-state index contributed by atoms with van der Waals surface area (Å²) in [6, 6.07) is 56.0. The van der Waals surface area contributed by atoms with E-state index in [1.165, 1.54) is 90.1 Å². The fraction of sp³-hybridized carbons (Fsp3) is 0. The lowest BCUT2D eigenvalue weighted by molar-refractivity contribution is 1.19. The van der Waals surface area contributed by atoms with Gasteiger partial charge in [-0.1, -0.05) is 97.1 Å². The van der Waals surface area contributed by atoms with Crippen LogP contribution in [0.25, 0.3) is 90.1 Å². The van der Waals surface area contributed by atoms with Crippen LogP contribution in [0.1, 0.15) is 0 Å². The van der Waals surface area contributed by atoms with Gasteiger partial charge >= 0.3 is 0 Å². The van der Waals surface area contributed by atoms with E-state index >= 15 is 0 Å². The highest BCUT2D eigenvalue weighted by Gasteiger charge is 2.16. The first kappa shape index (κ1) is 25.1. The zero-order valence-corrected chi connectivity index (χ0v) is 25.8. The van der Waals surface area contributed by atoms with Crippen LogP contribution in [0.3, 0.4) is 0 Å². The van der Waals surface area contributed by atoms with Gasteiger partial charge in [-0.3, -0.25) is 0 Å². The van der Waals surface area contributed by atoms with Gasteiger partial charge in [-0.05, 0) is 76.9 Å². The van der Waals surface area contributed by atoms with Gasteiger partial charge in [0, 0.05) is 56.8 Å². The van der Waals surface area contributed by atoms with E-state index in [0.717, 1.165) is 0 Å². The maximum absolute atomic E-state index is 2.46. The Morgan fingerprint density at radius 2 is 0.911 bits per heavy atom. The smallest absolute Gasteiger partial charge is 0.0547 e. The van der Waals surface area contributed by atoms with Gasteiger partial charge < -0.3 is 4.57 Å². The average molecular weight is 608 g/mol. The molecule has 0 N–H and O–H groups in total. The van der Waals surface area contributed by atoms with Crippen molar-refractivity contribution in [3.8, 4) is 27.9 Å². The molecule has 0 bridgehead atoms. The molecule has 0 aliphatic rings. The van der Waals surface area contributed by atoms with Crippen LogP contribution in [0.15, 0.2) is 152 Å². The molecule has 0 atom stereocenters. The first-order valence-electron chi connectivity index (χ1n) is 15.3. The summed E-state index contributed by atoms with van der Waals surface area (Å²) in [4.78, 5) is 0. The average Bonchev–Trinajstić information content (AvgIpc) is 3.76. The van der Waals surface area contributed by atoms with E-state index in [-0.39, 0.29) is 0 Å². The van der Waals surface area contributed by atoms with E-state index in [2.05, 4.69) is 156 Å². The summed E-state index contributed by atoms with van der Waals surface area (Å²) in [7, 11) is 0. The van der Waals surface area contributed by atoms with Crippen molar-refractivity contribution < 1.29 is 0 Å². The fourth-order valence-electron chi connectivity index (χ4n) is 7.05. The monoisotopic (exact) mass is 607 g/mol. The third-order valence-corrected chi connectivity index (χ3v) is 11.5. The molecule has 45 heavy (non-hydrogen) atoms. The van der Waals surface area contributed by atoms with E-state index in [1.807, 2.05) is 22.7 Å². The van der Waals surface area contributed by atoms with Gasteiger partial charge in [0.2, 0.25) is 0 Å². The van der Waals surface area contributed by atoms with Gasteiger partial charge in [0.15, 0.2) is 0 Å². The highest BCUT2D eigenvalue weighted by Crippen LogP contribution is 2.41. The van der Waals surface area contributed by atoms with Gasteiger partial charge in [-0.15, -0.1) is 22.7 Å². The van der Waals surface area contributed by atoms with Gasteiger partial charge in [0.25, 0.3) is 0 Å².